The van der Waals surface area contributed by atoms with Gasteiger partial charge in [0.15, 0.2) is 6.10 Å². The predicted octanol–water partition coefficient (Wildman–Crippen LogP) is 21.4. The molecular formula is C72H134NO8+. The average Bonchev–Trinajstić information content (AvgIpc) is 3.44. The van der Waals surface area contributed by atoms with E-state index >= 15 is 0 Å². The number of nitrogens with zero attached hydrogens (tertiary/aromatic N) is 1. The van der Waals surface area contributed by atoms with Crippen LogP contribution in [-0.2, 0) is 33.3 Å². The van der Waals surface area contributed by atoms with E-state index in [1.165, 1.54) is 257 Å². The van der Waals surface area contributed by atoms with Crippen LogP contribution in [0, 0.1) is 0 Å². The average molecular weight is 1140 g/mol. The van der Waals surface area contributed by atoms with E-state index < -0.39 is 18.4 Å². The van der Waals surface area contributed by atoms with Crippen LogP contribution < -0.4 is 0 Å². The SMILES string of the molecule is CCCCCCC/C=C\C/C=C\CCCCCCCCCCCCCCCCCCCCCC(=O)OC(COC(=O)CCCCCCCCCCCCCCC/C=C\C/C=C\CCCCCCC)COC(OCC[N+](C)(C)C)C(=O)O. The Hall–Kier alpha value is -2.75. The molecule has 474 valence electrons. The number of carbonyl (C=O) groups is 3. The molecule has 0 aromatic carbocycles. The monoisotopic (exact) mass is 1140 g/mol. The van der Waals surface area contributed by atoms with Crippen molar-refractivity contribution < 1.29 is 42.9 Å². The molecule has 0 aliphatic heterocycles. The summed E-state index contributed by atoms with van der Waals surface area (Å²) in [6.07, 6.45) is 77.9. The number of esters is 2. The Kier molecular flexibility index (Phi) is 61.1. The van der Waals surface area contributed by atoms with E-state index in [1.54, 1.807) is 0 Å². The fourth-order valence-electron chi connectivity index (χ4n) is 10.2. The zero-order chi connectivity index (χ0) is 59.1. The van der Waals surface area contributed by atoms with Gasteiger partial charge in [-0.3, -0.25) is 9.59 Å². The van der Waals surface area contributed by atoms with Gasteiger partial charge in [-0.05, 0) is 77.0 Å². The number of ether oxygens (including phenoxy) is 4. The van der Waals surface area contributed by atoms with Crippen LogP contribution >= 0.6 is 0 Å². The number of aliphatic carboxylic acids is 1. The van der Waals surface area contributed by atoms with Crippen molar-refractivity contribution in [2.24, 2.45) is 0 Å². The van der Waals surface area contributed by atoms with E-state index in [4.69, 9.17) is 18.9 Å². The molecule has 9 nitrogen and oxygen atoms in total. The summed E-state index contributed by atoms with van der Waals surface area (Å²) in [5.41, 5.74) is 0. The number of quaternary nitrogens is 1. The molecule has 9 heteroatoms. The first-order chi connectivity index (χ1) is 39.6. The van der Waals surface area contributed by atoms with Crippen LogP contribution in [0.1, 0.15) is 335 Å². The van der Waals surface area contributed by atoms with Crippen molar-refractivity contribution in [3.63, 3.8) is 0 Å². The third kappa shape index (κ3) is 64.7. The highest BCUT2D eigenvalue weighted by Gasteiger charge is 2.25. The Labute approximate surface area is 502 Å². The van der Waals surface area contributed by atoms with Crippen LogP contribution in [0.2, 0.25) is 0 Å². The van der Waals surface area contributed by atoms with Gasteiger partial charge in [-0.25, -0.2) is 4.79 Å². The maximum atomic E-state index is 12.9. The number of carbonyl (C=O) groups excluding carboxylic acids is 2. The normalized spacial score (nSPS) is 13.0. The van der Waals surface area contributed by atoms with Crippen molar-refractivity contribution in [3.05, 3.63) is 48.6 Å². The van der Waals surface area contributed by atoms with Crippen molar-refractivity contribution in [2.45, 2.75) is 347 Å². The molecule has 0 amide bonds. The standard InChI is InChI=1S/C72H133NO8/c1-6-8-10-12-14-16-18-20-22-24-26-28-30-32-33-34-35-36-37-39-41-43-45-47-49-51-53-55-57-59-61-63-70(75)81-68(67-80-72(71(76)77)78-65-64-73(3,4)5)66-79-69(74)62-60-58-56-54-52-50-48-46-44-42-40-38-31-29-27-25-23-21-19-17-15-13-11-9-7-2/h18-21,24-27,68,72H,6-17,22-23,28-67H2,1-5H3/p+1/b20-18-,21-19-,26-24-,27-25-. The fraction of sp³-hybridized carbons (Fsp3) is 0.847. The van der Waals surface area contributed by atoms with Crippen molar-refractivity contribution >= 4 is 17.9 Å². The van der Waals surface area contributed by atoms with Gasteiger partial charge in [0.25, 0.3) is 6.29 Å². The van der Waals surface area contributed by atoms with Crippen LogP contribution in [0.25, 0.3) is 0 Å². The van der Waals surface area contributed by atoms with E-state index in [1.807, 2.05) is 21.1 Å². The molecule has 0 spiro atoms. The third-order valence-electron chi connectivity index (χ3n) is 15.6. The van der Waals surface area contributed by atoms with Crippen LogP contribution in [0.15, 0.2) is 48.6 Å². The van der Waals surface area contributed by atoms with E-state index in [-0.39, 0.29) is 38.2 Å². The molecule has 2 unspecified atom stereocenters. The van der Waals surface area contributed by atoms with Crippen molar-refractivity contribution in [1.29, 1.82) is 0 Å². The van der Waals surface area contributed by atoms with Gasteiger partial charge in [0.05, 0.1) is 34.4 Å². The first-order valence-electron chi connectivity index (χ1n) is 34.8. The zero-order valence-electron chi connectivity index (χ0n) is 54.2. The van der Waals surface area contributed by atoms with Crippen molar-refractivity contribution in [3.8, 4) is 0 Å². The number of hydrogen-bond acceptors (Lipinski definition) is 7. The lowest BCUT2D eigenvalue weighted by Crippen LogP contribution is -2.40. The van der Waals surface area contributed by atoms with Gasteiger partial charge in [0, 0.05) is 12.8 Å². The van der Waals surface area contributed by atoms with Crippen LogP contribution in [0.4, 0.5) is 0 Å². The molecule has 0 rings (SSSR count). The first kappa shape index (κ1) is 78.2. The minimum Gasteiger partial charge on any atom is -0.477 e. The number of carboxylic acid groups (broad SMARTS) is 1. The summed E-state index contributed by atoms with van der Waals surface area (Å²) in [6.45, 7) is 4.91. The molecule has 0 fully saturated rings. The molecule has 0 saturated carbocycles. The Morgan fingerprint density at radius 2 is 0.667 bits per heavy atom. The highest BCUT2D eigenvalue weighted by molar-refractivity contribution is 5.71. The predicted molar refractivity (Wildman–Crippen MR) is 346 cm³/mol. The lowest BCUT2D eigenvalue weighted by Gasteiger charge is -2.25. The minimum absolute atomic E-state index is 0.179. The molecule has 1 N–H and O–H groups in total. The first-order valence-corrected chi connectivity index (χ1v) is 34.8. The van der Waals surface area contributed by atoms with Crippen LogP contribution in [0.3, 0.4) is 0 Å². The Bertz CT molecular complexity index is 1470. The Morgan fingerprint density at radius 3 is 0.975 bits per heavy atom. The molecule has 0 saturated heterocycles. The molecule has 0 bridgehead atoms. The van der Waals surface area contributed by atoms with Gasteiger partial charge >= 0.3 is 17.9 Å². The minimum atomic E-state index is -1.51. The Morgan fingerprint density at radius 1 is 0.370 bits per heavy atom. The molecular weight excluding hydrogens is 1010 g/mol. The summed E-state index contributed by atoms with van der Waals surface area (Å²) in [5.74, 6) is -1.98. The van der Waals surface area contributed by atoms with Gasteiger partial charge < -0.3 is 28.5 Å². The molecule has 0 aliphatic rings. The second kappa shape index (κ2) is 63.3. The summed E-state index contributed by atoms with van der Waals surface area (Å²) in [5, 5.41) is 9.74. The highest BCUT2D eigenvalue weighted by atomic mass is 16.7. The summed E-state index contributed by atoms with van der Waals surface area (Å²) < 4.78 is 23.0. The van der Waals surface area contributed by atoms with Crippen molar-refractivity contribution in [2.75, 3.05) is 47.5 Å². The molecule has 0 aromatic rings. The van der Waals surface area contributed by atoms with Crippen molar-refractivity contribution in [1.82, 2.24) is 0 Å². The second-order valence-electron chi connectivity index (χ2n) is 24.8. The number of unbranched alkanes of at least 4 members (excludes halogenated alkanes) is 42. The van der Waals surface area contributed by atoms with Crippen LogP contribution in [0.5, 0.6) is 0 Å². The van der Waals surface area contributed by atoms with E-state index in [9.17, 15) is 19.5 Å². The second-order valence-corrected chi connectivity index (χ2v) is 24.8. The number of carboxylic acids is 1. The summed E-state index contributed by atoms with van der Waals surface area (Å²) >= 11 is 0. The summed E-state index contributed by atoms with van der Waals surface area (Å²) in [6, 6.07) is 0. The number of rotatable bonds is 65. The van der Waals surface area contributed by atoms with Gasteiger partial charge in [0.1, 0.15) is 13.2 Å². The largest absolute Gasteiger partial charge is 0.477 e. The van der Waals surface area contributed by atoms with Gasteiger partial charge in [0.2, 0.25) is 0 Å². The molecule has 2 atom stereocenters. The van der Waals surface area contributed by atoms with E-state index in [0.29, 0.717) is 17.4 Å². The number of likely N-dealkylation sites (N-methyl/N-ethyl adjacent to an activating group) is 1. The van der Waals surface area contributed by atoms with Gasteiger partial charge in [-0.15, -0.1) is 0 Å². The van der Waals surface area contributed by atoms with Crippen LogP contribution in [-0.4, -0.2) is 87.4 Å². The molecule has 81 heavy (non-hydrogen) atoms. The number of allylic oxidation sites excluding steroid dienone is 8. The molecule has 0 aromatic heterocycles. The van der Waals surface area contributed by atoms with Gasteiger partial charge in [-0.1, -0.05) is 294 Å². The smallest absolute Gasteiger partial charge is 0.361 e. The maximum Gasteiger partial charge on any atom is 0.361 e. The highest BCUT2D eigenvalue weighted by Crippen LogP contribution is 2.18. The quantitative estimate of drug-likeness (QED) is 0.0211. The fourth-order valence-corrected chi connectivity index (χ4v) is 10.2. The third-order valence-corrected chi connectivity index (χ3v) is 15.6. The molecule has 0 aliphatic carbocycles. The number of hydrogen-bond donors (Lipinski definition) is 1. The zero-order valence-corrected chi connectivity index (χ0v) is 54.2. The molecule has 0 radical (unpaired) electrons. The molecule has 0 heterocycles. The lowest BCUT2D eigenvalue weighted by molar-refractivity contribution is -0.870. The Balaban J connectivity index is 4.08. The van der Waals surface area contributed by atoms with Gasteiger partial charge in [-0.2, -0.15) is 0 Å². The topological polar surface area (TPSA) is 108 Å². The summed E-state index contributed by atoms with van der Waals surface area (Å²) in [4.78, 5) is 37.6. The maximum absolute atomic E-state index is 12.9. The summed E-state index contributed by atoms with van der Waals surface area (Å²) in [7, 11) is 5.99. The van der Waals surface area contributed by atoms with E-state index in [2.05, 4.69) is 62.5 Å². The van der Waals surface area contributed by atoms with E-state index in [0.717, 1.165) is 51.4 Å². The lowest BCUT2D eigenvalue weighted by atomic mass is 10.0.